The lowest BCUT2D eigenvalue weighted by Crippen LogP contribution is -2.47. The fourth-order valence-electron chi connectivity index (χ4n) is 4.15. The van der Waals surface area contributed by atoms with Crippen LogP contribution in [0.1, 0.15) is 24.8 Å². The van der Waals surface area contributed by atoms with E-state index in [0.717, 1.165) is 25.2 Å². The first kappa shape index (κ1) is 22.0. The van der Waals surface area contributed by atoms with Gasteiger partial charge in [0, 0.05) is 31.9 Å². The molecule has 4 rings (SSSR count). The minimum absolute atomic E-state index is 0.0790. The highest BCUT2D eigenvalue weighted by molar-refractivity contribution is 7.90. The molecule has 0 saturated carbocycles. The molecule has 1 aromatic heterocycles. The van der Waals surface area contributed by atoms with Crippen molar-refractivity contribution in [2.45, 2.75) is 36.2 Å². The van der Waals surface area contributed by atoms with E-state index >= 15 is 0 Å². The first-order chi connectivity index (χ1) is 15.3. The predicted molar refractivity (Wildman–Crippen MR) is 115 cm³/mol. The van der Waals surface area contributed by atoms with Crippen LogP contribution in [0.4, 0.5) is 16.0 Å². The molecular formula is C21H23FN6O3S. The van der Waals surface area contributed by atoms with Gasteiger partial charge in [-0.1, -0.05) is 0 Å². The van der Waals surface area contributed by atoms with Crippen molar-refractivity contribution >= 4 is 27.4 Å². The first-order valence-corrected chi connectivity index (χ1v) is 12.2. The van der Waals surface area contributed by atoms with Crippen molar-refractivity contribution in [3.8, 4) is 6.07 Å². The minimum atomic E-state index is -3.50. The molecule has 2 aromatic rings. The van der Waals surface area contributed by atoms with E-state index in [9.17, 15) is 17.6 Å². The molecule has 1 atom stereocenters. The smallest absolute Gasteiger partial charge is 0.245 e. The van der Waals surface area contributed by atoms with Crippen LogP contribution in [0.25, 0.3) is 0 Å². The summed E-state index contributed by atoms with van der Waals surface area (Å²) >= 11 is 0. The van der Waals surface area contributed by atoms with Gasteiger partial charge in [0.15, 0.2) is 9.84 Å². The monoisotopic (exact) mass is 458 g/mol. The Morgan fingerprint density at radius 3 is 2.44 bits per heavy atom. The fraction of sp³-hybridized carbons (Fsp3) is 0.429. The molecule has 2 saturated heterocycles. The number of anilines is 2. The summed E-state index contributed by atoms with van der Waals surface area (Å²) in [5.74, 6) is -0.206. The van der Waals surface area contributed by atoms with Crippen molar-refractivity contribution < 1.29 is 17.6 Å². The van der Waals surface area contributed by atoms with Crippen molar-refractivity contribution in [3.63, 3.8) is 0 Å². The summed E-state index contributed by atoms with van der Waals surface area (Å²) in [6.45, 7) is 1.97. The third-order valence-electron chi connectivity index (χ3n) is 5.89. The van der Waals surface area contributed by atoms with E-state index < -0.39 is 21.7 Å². The standard InChI is InChI=1S/C21H23FN6O3S/c1-32(30,31)16-2-3-18(17(22)10-16)26-19-6-9-28(20(19)29)15-4-7-27(8-5-15)21-24-12-14(11-23)13-25-21/h2-3,10,12-13,15,19,26H,4-9H2,1H3. The number of amides is 1. The van der Waals surface area contributed by atoms with E-state index in [1.54, 1.807) is 0 Å². The van der Waals surface area contributed by atoms with Crippen molar-refractivity contribution in [1.82, 2.24) is 14.9 Å². The summed E-state index contributed by atoms with van der Waals surface area (Å²) in [7, 11) is -3.50. The van der Waals surface area contributed by atoms with Gasteiger partial charge in [0.05, 0.1) is 28.5 Å². The second kappa shape index (κ2) is 8.70. The van der Waals surface area contributed by atoms with Gasteiger partial charge in [0.1, 0.15) is 17.9 Å². The molecule has 168 valence electrons. The average molecular weight is 459 g/mol. The molecule has 32 heavy (non-hydrogen) atoms. The number of halogens is 1. The summed E-state index contributed by atoms with van der Waals surface area (Å²) in [4.78, 5) is 25.2. The number of hydrogen-bond donors (Lipinski definition) is 1. The van der Waals surface area contributed by atoms with Crippen LogP contribution in [0.15, 0.2) is 35.5 Å². The van der Waals surface area contributed by atoms with Gasteiger partial charge in [-0.15, -0.1) is 0 Å². The lowest BCUT2D eigenvalue weighted by molar-refractivity contribution is -0.130. The zero-order chi connectivity index (χ0) is 22.9. The number of hydrogen-bond acceptors (Lipinski definition) is 8. The third kappa shape index (κ3) is 4.50. The Bertz CT molecular complexity index is 1160. The van der Waals surface area contributed by atoms with Crippen molar-refractivity contribution in [3.05, 3.63) is 42.0 Å². The second-order valence-corrected chi connectivity index (χ2v) is 10.0. The average Bonchev–Trinajstić information content (AvgIpc) is 3.14. The SMILES string of the molecule is CS(=O)(=O)c1ccc(NC2CCN(C3CCN(c4ncc(C#N)cn4)CC3)C2=O)c(F)c1. The maximum atomic E-state index is 14.4. The molecule has 2 aliphatic heterocycles. The number of benzene rings is 1. The molecule has 0 radical (unpaired) electrons. The molecule has 2 fully saturated rings. The Kier molecular flexibility index (Phi) is 5.97. The topological polar surface area (TPSA) is 119 Å². The molecule has 0 aliphatic carbocycles. The Labute approximate surface area is 185 Å². The molecule has 3 heterocycles. The second-order valence-electron chi connectivity index (χ2n) is 8.03. The Morgan fingerprint density at radius 2 is 1.84 bits per heavy atom. The number of nitriles is 1. The quantitative estimate of drug-likeness (QED) is 0.717. The largest absolute Gasteiger partial charge is 0.371 e. The number of carbonyl (C=O) groups excluding carboxylic acids is 1. The molecule has 1 amide bonds. The van der Waals surface area contributed by atoms with Crippen LogP contribution < -0.4 is 10.2 Å². The van der Waals surface area contributed by atoms with Crippen molar-refractivity contribution in [1.29, 1.82) is 5.26 Å². The number of piperidine rings is 1. The summed E-state index contributed by atoms with van der Waals surface area (Å²) in [5.41, 5.74) is 0.526. The van der Waals surface area contributed by atoms with Crippen LogP contribution in [0.3, 0.4) is 0 Å². The van der Waals surface area contributed by atoms with Crippen LogP contribution in [-0.2, 0) is 14.6 Å². The molecule has 1 aromatic carbocycles. The maximum Gasteiger partial charge on any atom is 0.245 e. The minimum Gasteiger partial charge on any atom is -0.371 e. The highest BCUT2D eigenvalue weighted by atomic mass is 32.2. The van der Waals surface area contributed by atoms with Crippen LogP contribution in [0.5, 0.6) is 0 Å². The number of carbonyl (C=O) groups is 1. The van der Waals surface area contributed by atoms with Crippen molar-refractivity contribution in [2.24, 2.45) is 0 Å². The number of likely N-dealkylation sites (tertiary alicyclic amines) is 1. The number of sulfone groups is 1. The van der Waals surface area contributed by atoms with Gasteiger partial charge in [0.2, 0.25) is 11.9 Å². The van der Waals surface area contributed by atoms with Crippen LogP contribution in [-0.4, -0.2) is 67.2 Å². The molecule has 9 nitrogen and oxygen atoms in total. The number of nitrogens with one attached hydrogen (secondary N) is 1. The van der Waals surface area contributed by atoms with Gasteiger partial charge < -0.3 is 15.1 Å². The Morgan fingerprint density at radius 1 is 1.16 bits per heavy atom. The van der Waals surface area contributed by atoms with Gasteiger partial charge in [0.25, 0.3) is 0 Å². The van der Waals surface area contributed by atoms with E-state index in [-0.39, 0.29) is 22.5 Å². The zero-order valence-corrected chi connectivity index (χ0v) is 18.3. The molecule has 0 bridgehead atoms. The zero-order valence-electron chi connectivity index (χ0n) is 17.5. The highest BCUT2D eigenvalue weighted by Gasteiger charge is 2.37. The molecular weight excluding hydrogens is 435 g/mol. The predicted octanol–water partition coefficient (Wildman–Crippen LogP) is 1.57. The van der Waals surface area contributed by atoms with E-state index in [1.165, 1.54) is 24.5 Å². The molecule has 2 aliphatic rings. The normalized spacial score (nSPS) is 19.8. The van der Waals surface area contributed by atoms with Gasteiger partial charge in [-0.2, -0.15) is 5.26 Å². The summed E-state index contributed by atoms with van der Waals surface area (Å²) in [6, 6.07) is 5.19. The summed E-state index contributed by atoms with van der Waals surface area (Å²) in [6.07, 6.45) is 6.09. The van der Waals surface area contributed by atoms with Gasteiger partial charge in [-0.3, -0.25) is 4.79 Å². The van der Waals surface area contributed by atoms with Gasteiger partial charge in [-0.05, 0) is 37.5 Å². The van der Waals surface area contributed by atoms with Crippen LogP contribution in [0, 0.1) is 17.1 Å². The van der Waals surface area contributed by atoms with Crippen LogP contribution >= 0.6 is 0 Å². The first-order valence-electron chi connectivity index (χ1n) is 10.3. The lowest BCUT2D eigenvalue weighted by Gasteiger charge is -2.36. The lowest BCUT2D eigenvalue weighted by atomic mass is 10.0. The Hall–Kier alpha value is -3.26. The molecule has 1 N–H and O–H groups in total. The van der Waals surface area contributed by atoms with Gasteiger partial charge in [-0.25, -0.2) is 22.8 Å². The number of nitrogens with zero attached hydrogens (tertiary/aromatic N) is 5. The summed E-state index contributed by atoms with van der Waals surface area (Å²) < 4.78 is 37.5. The molecule has 0 spiro atoms. The van der Waals surface area contributed by atoms with Crippen LogP contribution in [0.2, 0.25) is 0 Å². The maximum absolute atomic E-state index is 14.4. The number of aromatic nitrogens is 2. The Balaban J connectivity index is 1.35. The highest BCUT2D eigenvalue weighted by Crippen LogP contribution is 2.27. The van der Waals surface area contributed by atoms with E-state index in [0.29, 0.717) is 37.6 Å². The van der Waals surface area contributed by atoms with E-state index in [4.69, 9.17) is 5.26 Å². The van der Waals surface area contributed by atoms with E-state index in [1.807, 2.05) is 15.9 Å². The molecule has 1 unspecified atom stereocenters. The van der Waals surface area contributed by atoms with Crippen molar-refractivity contribution in [2.75, 3.05) is 36.1 Å². The number of rotatable bonds is 5. The fourth-order valence-corrected chi connectivity index (χ4v) is 4.78. The molecule has 11 heteroatoms. The van der Waals surface area contributed by atoms with Gasteiger partial charge >= 0.3 is 0 Å². The van der Waals surface area contributed by atoms with E-state index in [2.05, 4.69) is 15.3 Å². The third-order valence-corrected chi connectivity index (χ3v) is 7.00. The summed E-state index contributed by atoms with van der Waals surface area (Å²) in [5, 5.41) is 11.8.